The summed E-state index contributed by atoms with van der Waals surface area (Å²) in [4.78, 5) is 23.7. The van der Waals surface area contributed by atoms with Crippen molar-refractivity contribution >= 4 is 52.4 Å². The molecular formula is C16H9Cl3N2O3. The highest BCUT2D eigenvalue weighted by atomic mass is 35.5. The third kappa shape index (κ3) is 4.62. The van der Waals surface area contributed by atoms with Crippen molar-refractivity contribution in [3.63, 3.8) is 0 Å². The highest BCUT2D eigenvalue weighted by Crippen LogP contribution is 2.22. The molecule has 8 heteroatoms. The van der Waals surface area contributed by atoms with Crippen LogP contribution in [-0.2, 0) is 9.53 Å². The maximum absolute atomic E-state index is 11.9. The second-order valence-electron chi connectivity index (χ2n) is 4.55. The fraction of sp³-hybridized carbons (Fsp3) is 0.0625. The van der Waals surface area contributed by atoms with Gasteiger partial charge in [0.15, 0.2) is 6.61 Å². The number of nitrogens with one attached hydrogen (secondary N) is 1. The number of hydrogen-bond donors (Lipinski definition) is 1. The molecule has 0 bridgehead atoms. The lowest BCUT2D eigenvalue weighted by Crippen LogP contribution is -2.21. The smallest absolute Gasteiger partial charge is 0.340 e. The minimum atomic E-state index is -0.746. The molecule has 0 heterocycles. The maximum Gasteiger partial charge on any atom is 0.340 e. The van der Waals surface area contributed by atoms with Gasteiger partial charge in [0.2, 0.25) is 0 Å². The van der Waals surface area contributed by atoms with E-state index in [4.69, 9.17) is 44.8 Å². The number of esters is 1. The number of amides is 1. The van der Waals surface area contributed by atoms with Gasteiger partial charge in [-0.15, -0.1) is 0 Å². The molecule has 0 saturated heterocycles. The topological polar surface area (TPSA) is 79.2 Å². The summed E-state index contributed by atoms with van der Waals surface area (Å²) in [6, 6.07) is 10.6. The van der Waals surface area contributed by atoms with Crippen LogP contribution in [0.5, 0.6) is 0 Å². The van der Waals surface area contributed by atoms with Crippen molar-refractivity contribution in [2.75, 3.05) is 11.9 Å². The van der Waals surface area contributed by atoms with Crippen LogP contribution in [0.2, 0.25) is 15.1 Å². The Bertz CT molecular complexity index is 847. The summed E-state index contributed by atoms with van der Waals surface area (Å²) in [5.74, 6) is -1.31. The summed E-state index contributed by atoms with van der Waals surface area (Å²) >= 11 is 17.5. The quantitative estimate of drug-likeness (QED) is 0.798. The molecule has 5 nitrogen and oxygen atoms in total. The fourth-order valence-corrected chi connectivity index (χ4v) is 2.45. The van der Waals surface area contributed by atoms with Gasteiger partial charge in [-0.25, -0.2) is 4.79 Å². The van der Waals surface area contributed by atoms with Gasteiger partial charge < -0.3 is 10.1 Å². The molecule has 0 spiro atoms. The van der Waals surface area contributed by atoms with Crippen LogP contribution in [0.4, 0.5) is 5.69 Å². The first-order chi connectivity index (χ1) is 11.4. The fourth-order valence-electron chi connectivity index (χ4n) is 1.74. The third-order valence-electron chi connectivity index (χ3n) is 2.86. The molecule has 0 aliphatic carbocycles. The molecule has 0 aromatic heterocycles. The van der Waals surface area contributed by atoms with Crippen LogP contribution in [0.3, 0.4) is 0 Å². The van der Waals surface area contributed by atoms with Gasteiger partial charge in [-0.1, -0.05) is 34.8 Å². The van der Waals surface area contributed by atoms with E-state index in [0.717, 1.165) is 0 Å². The van der Waals surface area contributed by atoms with E-state index in [2.05, 4.69) is 5.32 Å². The number of benzene rings is 2. The Kier molecular flexibility index (Phi) is 6.04. The molecule has 0 aliphatic rings. The van der Waals surface area contributed by atoms with Gasteiger partial charge in [0.05, 0.1) is 21.2 Å². The minimum absolute atomic E-state index is 0.107. The molecule has 0 atom stereocenters. The van der Waals surface area contributed by atoms with E-state index >= 15 is 0 Å². The molecular weight excluding hydrogens is 375 g/mol. The second-order valence-corrected chi connectivity index (χ2v) is 5.81. The Morgan fingerprint density at radius 2 is 1.83 bits per heavy atom. The number of rotatable bonds is 4. The normalized spacial score (nSPS) is 9.92. The SMILES string of the molecule is N#Cc1ccc(NC(=O)COC(=O)c2ccc(Cl)cc2Cl)cc1Cl. The molecule has 2 aromatic rings. The van der Waals surface area contributed by atoms with E-state index in [1.807, 2.05) is 6.07 Å². The summed E-state index contributed by atoms with van der Waals surface area (Å²) < 4.78 is 4.89. The van der Waals surface area contributed by atoms with Crippen molar-refractivity contribution in [3.05, 3.63) is 62.6 Å². The third-order valence-corrected chi connectivity index (χ3v) is 3.72. The van der Waals surface area contributed by atoms with Crippen molar-refractivity contribution in [3.8, 4) is 6.07 Å². The molecule has 0 radical (unpaired) electrons. The minimum Gasteiger partial charge on any atom is -0.452 e. The van der Waals surface area contributed by atoms with Crippen molar-refractivity contribution in [2.24, 2.45) is 0 Å². The summed E-state index contributed by atoms with van der Waals surface area (Å²) in [5.41, 5.74) is 0.776. The van der Waals surface area contributed by atoms with Gasteiger partial charge >= 0.3 is 5.97 Å². The van der Waals surface area contributed by atoms with E-state index in [9.17, 15) is 9.59 Å². The number of nitriles is 1. The zero-order valence-corrected chi connectivity index (χ0v) is 14.2. The molecule has 2 rings (SSSR count). The lowest BCUT2D eigenvalue weighted by Gasteiger charge is -2.08. The van der Waals surface area contributed by atoms with E-state index in [1.165, 1.54) is 36.4 Å². The number of hydrogen-bond acceptors (Lipinski definition) is 4. The van der Waals surface area contributed by atoms with Crippen LogP contribution in [0.1, 0.15) is 15.9 Å². The van der Waals surface area contributed by atoms with E-state index in [0.29, 0.717) is 16.3 Å². The molecule has 2 aromatic carbocycles. The first kappa shape index (κ1) is 18.1. The average Bonchev–Trinajstić information content (AvgIpc) is 2.53. The number of carbonyl (C=O) groups excluding carboxylic acids is 2. The van der Waals surface area contributed by atoms with Crippen LogP contribution in [0.15, 0.2) is 36.4 Å². The van der Waals surface area contributed by atoms with Gasteiger partial charge in [-0.05, 0) is 36.4 Å². The maximum atomic E-state index is 11.9. The van der Waals surface area contributed by atoms with Gasteiger partial charge in [-0.3, -0.25) is 4.79 Å². The molecule has 1 amide bonds. The number of carbonyl (C=O) groups is 2. The predicted octanol–water partition coefficient (Wildman–Crippen LogP) is 4.31. The predicted molar refractivity (Wildman–Crippen MR) is 91.5 cm³/mol. The van der Waals surface area contributed by atoms with Gasteiger partial charge in [0.25, 0.3) is 5.91 Å². The summed E-state index contributed by atoms with van der Waals surface area (Å²) in [7, 11) is 0. The molecule has 1 N–H and O–H groups in total. The van der Waals surface area contributed by atoms with Crippen LogP contribution in [0.25, 0.3) is 0 Å². The van der Waals surface area contributed by atoms with Crippen molar-refractivity contribution in [2.45, 2.75) is 0 Å². The van der Waals surface area contributed by atoms with E-state index in [1.54, 1.807) is 0 Å². The first-order valence-corrected chi connectivity index (χ1v) is 7.66. The van der Waals surface area contributed by atoms with Crippen LogP contribution in [0, 0.1) is 11.3 Å². The second kappa shape index (κ2) is 8.02. The van der Waals surface area contributed by atoms with Crippen LogP contribution < -0.4 is 5.32 Å². The molecule has 24 heavy (non-hydrogen) atoms. The Hall–Kier alpha value is -2.26. The number of nitrogens with zero attached hydrogens (tertiary/aromatic N) is 1. The molecule has 0 fully saturated rings. The Morgan fingerprint density at radius 1 is 1.08 bits per heavy atom. The Balaban J connectivity index is 1.94. The lowest BCUT2D eigenvalue weighted by atomic mass is 10.2. The van der Waals surface area contributed by atoms with Gasteiger partial charge in [0, 0.05) is 10.7 Å². The number of anilines is 1. The number of ether oxygens (including phenoxy) is 1. The van der Waals surface area contributed by atoms with Crippen molar-refractivity contribution in [1.82, 2.24) is 0 Å². The van der Waals surface area contributed by atoms with Crippen molar-refractivity contribution in [1.29, 1.82) is 5.26 Å². The summed E-state index contributed by atoms with van der Waals surface area (Å²) in [5, 5.41) is 12.0. The van der Waals surface area contributed by atoms with E-state index in [-0.39, 0.29) is 15.6 Å². The standard InChI is InChI=1S/C16H9Cl3N2O3/c17-10-2-4-12(14(19)5-10)16(23)24-8-15(22)21-11-3-1-9(7-20)13(18)6-11/h1-6H,8H2,(H,21,22). The molecule has 122 valence electrons. The summed E-state index contributed by atoms with van der Waals surface area (Å²) in [6.45, 7) is -0.505. The zero-order valence-electron chi connectivity index (χ0n) is 12.0. The first-order valence-electron chi connectivity index (χ1n) is 6.52. The summed E-state index contributed by atoms with van der Waals surface area (Å²) in [6.07, 6.45) is 0. The van der Waals surface area contributed by atoms with E-state index < -0.39 is 18.5 Å². The van der Waals surface area contributed by atoms with Crippen LogP contribution in [-0.4, -0.2) is 18.5 Å². The highest BCUT2D eigenvalue weighted by Gasteiger charge is 2.14. The van der Waals surface area contributed by atoms with Gasteiger partial charge in [-0.2, -0.15) is 5.26 Å². The molecule has 0 unspecified atom stereocenters. The van der Waals surface area contributed by atoms with Crippen molar-refractivity contribution < 1.29 is 14.3 Å². The largest absolute Gasteiger partial charge is 0.452 e. The zero-order chi connectivity index (χ0) is 17.7. The highest BCUT2D eigenvalue weighted by molar-refractivity contribution is 6.36. The Labute approximate surface area is 152 Å². The molecule has 0 aliphatic heterocycles. The lowest BCUT2D eigenvalue weighted by molar-refractivity contribution is -0.119. The Morgan fingerprint density at radius 3 is 2.46 bits per heavy atom. The number of halogens is 3. The average molecular weight is 384 g/mol. The molecule has 0 saturated carbocycles. The van der Waals surface area contributed by atoms with Gasteiger partial charge in [0.1, 0.15) is 6.07 Å². The van der Waals surface area contributed by atoms with Crippen LogP contribution >= 0.6 is 34.8 Å². The monoisotopic (exact) mass is 382 g/mol.